The summed E-state index contributed by atoms with van der Waals surface area (Å²) in [6, 6.07) is 18.3. The highest BCUT2D eigenvalue weighted by Crippen LogP contribution is 2.35. The van der Waals surface area contributed by atoms with Gasteiger partial charge in [-0.2, -0.15) is 0 Å². The van der Waals surface area contributed by atoms with E-state index in [1.165, 1.54) is 80.0 Å². The first kappa shape index (κ1) is 20.7. The first-order valence-corrected chi connectivity index (χ1v) is 11.5. The standard InChI is InChI=1S/C28H36/c1-3-5-6-8-24-15-19-27(20-16-24)28-21-17-26(18-22-28)14-13-25-11-9-23(7-4-2)10-12-25/h9-12,15-16,19-20,26,28H,3-8,17-18,21-22H2,1-2H3. The molecule has 0 aromatic heterocycles. The SMILES string of the molecule is CCCCCc1ccc(C2CCC(C#Cc3ccc(CCC)cc3)CC2)cc1. The van der Waals surface area contributed by atoms with Gasteiger partial charge in [0.15, 0.2) is 0 Å². The van der Waals surface area contributed by atoms with Crippen LogP contribution in [0.1, 0.15) is 93.4 Å². The molecule has 28 heavy (non-hydrogen) atoms. The summed E-state index contributed by atoms with van der Waals surface area (Å²) in [5.74, 6) is 8.27. The summed E-state index contributed by atoms with van der Waals surface area (Å²) < 4.78 is 0. The molecule has 0 nitrogen and oxygen atoms in total. The van der Waals surface area contributed by atoms with Crippen molar-refractivity contribution in [3.05, 3.63) is 70.8 Å². The molecule has 2 aromatic rings. The van der Waals surface area contributed by atoms with Crippen molar-refractivity contribution >= 4 is 0 Å². The first-order valence-electron chi connectivity index (χ1n) is 11.5. The second-order valence-corrected chi connectivity index (χ2v) is 8.46. The number of hydrogen-bond acceptors (Lipinski definition) is 0. The Bertz CT molecular complexity index is 746. The highest BCUT2D eigenvalue weighted by molar-refractivity contribution is 5.37. The van der Waals surface area contributed by atoms with E-state index in [1.807, 2.05) is 0 Å². The van der Waals surface area contributed by atoms with Crippen LogP contribution in [0.25, 0.3) is 0 Å². The van der Waals surface area contributed by atoms with Gasteiger partial charge in [0.25, 0.3) is 0 Å². The van der Waals surface area contributed by atoms with Crippen LogP contribution in [0, 0.1) is 17.8 Å². The Morgan fingerprint density at radius 1 is 0.714 bits per heavy atom. The molecule has 1 fully saturated rings. The average molecular weight is 373 g/mol. The van der Waals surface area contributed by atoms with Crippen LogP contribution in [-0.4, -0.2) is 0 Å². The van der Waals surface area contributed by atoms with Crippen molar-refractivity contribution in [2.75, 3.05) is 0 Å². The number of benzene rings is 2. The van der Waals surface area contributed by atoms with E-state index in [4.69, 9.17) is 0 Å². The lowest BCUT2D eigenvalue weighted by molar-refractivity contribution is 0.384. The fourth-order valence-corrected chi connectivity index (χ4v) is 4.34. The minimum Gasteiger partial charge on any atom is -0.0945 e. The molecule has 0 aliphatic heterocycles. The predicted octanol–water partition coefficient (Wildman–Crippen LogP) is 7.70. The third-order valence-electron chi connectivity index (χ3n) is 6.16. The molecule has 0 N–H and O–H groups in total. The van der Waals surface area contributed by atoms with Gasteiger partial charge in [-0.25, -0.2) is 0 Å². The van der Waals surface area contributed by atoms with Gasteiger partial charge in [0.2, 0.25) is 0 Å². The molecule has 0 amide bonds. The fraction of sp³-hybridized carbons (Fsp3) is 0.500. The van der Waals surface area contributed by atoms with Gasteiger partial charge < -0.3 is 0 Å². The van der Waals surface area contributed by atoms with Crippen LogP contribution in [0.4, 0.5) is 0 Å². The number of hydrogen-bond donors (Lipinski definition) is 0. The van der Waals surface area contributed by atoms with E-state index in [2.05, 4.69) is 74.2 Å². The first-order chi connectivity index (χ1) is 13.8. The Hall–Kier alpha value is -2.00. The average Bonchev–Trinajstić information content (AvgIpc) is 2.75. The van der Waals surface area contributed by atoms with Gasteiger partial charge in [0.1, 0.15) is 0 Å². The maximum Gasteiger partial charge on any atom is 0.0245 e. The van der Waals surface area contributed by atoms with Crippen LogP contribution >= 0.6 is 0 Å². The maximum absolute atomic E-state index is 3.55. The quantitative estimate of drug-likeness (QED) is 0.345. The summed E-state index contributed by atoms with van der Waals surface area (Å²) in [6.45, 7) is 4.50. The zero-order valence-electron chi connectivity index (χ0n) is 17.8. The number of unbranched alkanes of at least 4 members (excludes halogenated alkanes) is 2. The van der Waals surface area contributed by atoms with Crippen LogP contribution in [0.2, 0.25) is 0 Å². The van der Waals surface area contributed by atoms with Gasteiger partial charge in [0.05, 0.1) is 0 Å². The van der Waals surface area contributed by atoms with E-state index in [-0.39, 0.29) is 0 Å². The molecule has 0 spiro atoms. The second kappa shape index (κ2) is 11.1. The van der Waals surface area contributed by atoms with Crippen molar-refractivity contribution in [3.63, 3.8) is 0 Å². The second-order valence-electron chi connectivity index (χ2n) is 8.46. The van der Waals surface area contributed by atoms with E-state index < -0.39 is 0 Å². The number of rotatable bonds is 7. The van der Waals surface area contributed by atoms with E-state index in [9.17, 15) is 0 Å². The third-order valence-corrected chi connectivity index (χ3v) is 6.16. The van der Waals surface area contributed by atoms with Gasteiger partial charge in [-0.1, -0.05) is 81.3 Å². The number of aryl methyl sites for hydroxylation is 2. The topological polar surface area (TPSA) is 0 Å². The Morgan fingerprint density at radius 3 is 2.00 bits per heavy atom. The predicted molar refractivity (Wildman–Crippen MR) is 122 cm³/mol. The van der Waals surface area contributed by atoms with Crippen molar-refractivity contribution in [2.24, 2.45) is 5.92 Å². The lowest BCUT2D eigenvalue weighted by atomic mass is 9.78. The molecular formula is C28H36. The van der Waals surface area contributed by atoms with Crippen molar-refractivity contribution < 1.29 is 0 Å². The highest BCUT2D eigenvalue weighted by Gasteiger charge is 2.21. The molecule has 0 heteroatoms. The molecule has 0 unspecified atom stereocenters. The third kappa shape index (κ3) is 6.27. The van der Waals surface area contributed by atoms with E-state index >= 15 is 0 Å². The largest absolute Gasteiger partial charge is 0.0945 e. The molecule has 3 rings (SSSR count). The lowest BCUT2D eigenvalue weighted by Gasteiger charge is -2.26. The molecule has 1 aliphatic rings. The molecule has 1 saturated carbocycles. The van der Waals surface area contributed by atoms with E-state index in [0.717, 1.165) is 12.3 Å². The highest BCUT2D eigenvalue weighted by atomic mass is 14.2. The van der Waals surface area contributed by atoms with Gasteiger partial charge in [-0.15, -0.1) is 0 Å². The van der Waals surface area contributed by atoms with Crippen LogP contribution < -0.4 is 0 Å². The molecule has 0 bridgehead atoms. The van der Waals surface area contributed by atoms with Gasteiger partial charge in [0, 0.05) is 11.5 Å². The zero-order valence-corrected chi connectivity index (χ0v) is 17.8. The summed E-state index contributed by atoms with van der Waals surface area (Å²) in [7, 11) is 0. The smallest absolute Gasteiger partial charge is 0.0245 e. The van der Waals surface area contributed by atoms with Crippen LogP contribution in [0.5, 0.6) is 0 Å². The van der Waals surface area contributed by atoms with E-state index in [0.29, 0.717) is 5.92 Å². The van der Waals surface area contributed by atoms with Gasteiger partial charge in [-0.05, 0) is 79.7 Å². The normalized spacial score (nSPS) is 19.1. The summed E-state index contributed by atoms with van der Waals surface area (Å²) in [6.07, 6.45) is 12.6. The molecule has 0 atom stereocenters. The molecule has 148 valence electrons. The van der Waals surface area contributed by atoms with Crippen molar-refractivity contribution in [1.82, 2.24) is 0 Å². The Morgan fingerprint density at radius 2 is 1.36 bits per heavy atom. The summed E-state index contributed by atoms with van der Waals surface area (Å²) in [5, 5.41) is 0. The fourth-order valence-electron chi connectivity index (χ4n) is 4.34. The molecular weight excluding hydrogens is 336 g/mol. The molecule has 2 aromatic carbocycles. The lowest BCUT2D eigenvalue weighted by Crippen LogP contribution is -2.12. The van der Waals surface area contributed by atoms with Gasteiger partial charge in [-0.3, -0.25) is 0 Å². The van der Waals surface area contributed by atoms with Crippen molar-refractivity contribution in [1.29, 1.82) is 0 Å². The van der Waals surface area contributed by atoms with Crippen LogP contribution in [0.15, 0.2) is 48.5 Å². The summed E-state index contributed by atoms with van der Waals surface area (Å²) in [4.78, 5) is 0. The maximum atomic E-state index is 3.55. The Balaban J connectivity index is 1.48. The monoisotopic (exact) mass is 372 g/mol. The van der Waals surface area contributed by atoms with Crippen LogP contribution in [0.3, 0.4) is 0 Å². The summed E-state index contributed by atoms with van der Waals surface area (Å²) >= 11 is 0. The minimum atomic E-state index is 0.569. The minimum absolute atomic E-state index is 0.569. The van der Waals surface area contributed by atoms with Crippen LogP contribution in [-0.2, 0) is 12.8 Å². The van der Waals surface area contributed by atoms with Gasteiger partial charge >= 0.3 is 0 Å². The van der Waals surface area contributed by atoms with E-state index in [1.54, 1.807) is 0 Å². The Kier molecular flexibility index (Phi) is 8.23. The zero-order chi connectivity index (χ0) is 19.6. The Labute approximate surface area is 172 Å². The summed E-state index contributed by atoms with van der Waals surface area (Å²) in [5.41, 5.74) is 5.63. The molecule has 1 aliphatic carbocycles. The molecule has 0 radical (unpaired) electrons. The molecule has 0 saturated heterocycles. The van der Waals surface area contributed by atoms with Crippen molar-refractivity contribution in [2.45, 2.75) is 84.0 Å². The molecule has 0 heterocycles. The van der Waals surface area contributed by atoms with Crippen molar-refractivity contribution in [3.8, 4) is 11.8 Å².